The lowest BCUT2D eigenvalue weighted by Gasteiger charge is -2.31. The lowest BCUT2D eigenvalue weighted by Crippen LogP contribution is -2.50. The van der Waals surface area contributed by atoms with Crippen LogP contribution < -0.4 is 41.4 Å². The van der Waals surface area contributed by atoms with Crippen LogP contribution in [0.2, 0.25) is 0 Å². The van der Waals surface area contributed by atoms with Crippen LogP contribution in [0.5, 0.6) is 11.5 Å². The number of rotatable bonds is 28. The number of hydrogen-bond donors (Lipinski definition) is 9. The van der Waals surface area contributed by atoms with E-state index in [1.54, 1.807) is 36.4 Å². The summed E-state index contributed by atoms with van der Waals surface area (Å²) in [5.41, 5.74) is -0.00999. The highest BCUT2D eigenvalue weighted by atomic mass is 16.5. The minimum Gasteiger partial charge on any atom is -0.493 e. The Morgan fingerprint density at radius 1 is 0.500 bits per heavy atom. The maximum absolute atomic E-state index is 13.7. The smallest absolute Gasteiger partial charge is 0.322 e. The van der Waals surface area contributed by atoms with Crippen molar-refractivity contribution < 1.29 is 87.1 Å². The van der Waals surface area contributed by atoms with E-state index in [0.29, 0.717) is 28.7 Å². The van der Waals surface area contributed by atoms with Crippen LogP contribution >= 0.6 is 0 Å². The first kappa shape index (κ1) is 55.8. The molecular weight excluding hydrogens is 1000 g/mol. The van der Waals surface area contributed by atoms with Gasteiger partial charge in [-0.1, -0.05) is 24.3 Å². The predicted octanol–water partition coefficient (Wildman–Crippen LogP) is -0.308. The molecule has 0 radical (unpaired) electrons. The monoisotopic (exact) mass is 1050 g/mol. The quantitative estimate of drug-likeness (QED) is 0.0260. The number of hydrogen-bond acceptors (Lipinski definition) is 15. The lowest BCUT2D eigenvalue weighted by atomic mass is 9.86. The topological polar surface area (TPSA) is 380 Å². The molecule has 4 aromatic rings. The standard InChI is InChI=1S/C50H52N8O18/c1-26(59)55-33(22-40(63)64)45(69)52-16-5-21-76-36-9-3-6-27-28(36)7-2-8-35(27)75-20-4-10-38(61)56-34(23-41(65)66)46(70)54-24-39(62)51-17-19-58-49(73)31-13-11-29-43-30(12-14-32(44(31)43)50(58)74)48(72)57(47(29)71)18-15-37(60)53-25-42(67)68/h2-3,6-9,11-14,33-34H,4-5,10,15-25H2,1H3,(H,51,62)(H,52,69)(H,53,60)(H,54,70)(H,55,59)(H,56,61)(H,63,64)(H,65,66)(H,67,68)/t33-,34+/m1/s1. The molecule has 0 aromatic heterocycles. The summed E-state index contributed by atoms with van der Waals surface area (Å²) in [4.78, 5) is 164. The number of nitrogens with one attached hydrogen (secondary N) is 6. The van der Waals surface area contributed by atoms with Crippen LogP contribution in [-0.2, 0) is 43.2 Å². The number of nitrogens with zero attached hydrogens (tertiary/aromatic N) is 2. The van der Waals surface area contributed by atoms with Gasteiger partial charge in [-0.25, -0.2) is 0 Å². The Balaban J connectivity index is 0.936. The highest BCUT2D eigenvalue weighted by molar-refractivity contribution is 6.33. The van der Waals surface area contributed by atoms with Crippen LogP contribution in [-0.4, -0.2) is 167 Å². The molecule has 0 spiro atoms. The number of carbonyl (C=O) groups excluding carboxylic acids is 10. The van der Waals surface area contributed by atoms with Crippen LogP contribution in [0.25, 0.3) is 21.5 Å². The van der Waals surface area contributed by atoms with Gasteiger partial charge < -0.3 is 56.7 Å². The maximum atomic E-state index is 13.7. The van der Waals surface area contributed by atoms with Crippen molar-refractivity contribution in [1.82, 2.24) is 41.7 Å². The zero-order valence-electron chi connectivity index (χ0n) is 40.7. The molecule has 2 atom stereocenters. The van der Waals surface area contributed by atoms with Crippen molar-refractivity contribution in [2.24, 2.45) is 0 Å². The number of amides is 10. The fourth-order valence-electron chi connectivity index (χ4n) is 8.30. The second-order valence-electron chi connectivity index (χ2n) is 17.2. The molecule has 10 amide bonds. The van der Waals surface area contributed by atoms with E-state index in [0.717, 1.165) is 9.80 Å². The summed E-state index contributed by atoms with van der Waals surface area (Å²) in [7, 11) is 0. The van der Waals surface area contributed by atoms with E-state index in [9.17, 15) is 67.4 Å². The number of ether oxygens (including phenoxy) is 2. The fraction of sp³-hybridized carbons (Fsp3) is 0.340. The Hall–Kier alpha value is -9.49. The first-order valence-electron chi connectivity index (χ1n) is 23.7. The molecule has 2 aliphatic rings. The third-order valence-corrected chi connectivity index (χ3v) is 11.8. The van der Waals surface area contributed by atoms with E-state index in [1.807, 2.05) is 0 Å². The predicted molar refractivity (Wildman–Crippen MR) is 262 cm³/mol. The zero-order chi connectivity index (χ0) is 55.2. The van der Waals surface area contributed by atoms with Gasteiger partial charge in [0.15, 0.2) is 0 Å². The summed E-state index contributed by atoms with van der Waals surface area (Å²) < 4.78 is 11.9. The molecule has 2 heterocycles. The number of carboxylic acids is 3. The summed E-state index contributed by atoms with van der Waals surface area (Å²) in [6.45, 7) is -0.791. The second kappa shape index (κ2) is 25.4. The van der Waals surface area contributed by atoms with Crippen molar-refractivity contribution in [3.8, 4) is 11.5 Å². The van der Waals surface area contributed by atoms with E-state index in [4.69, 9.17) is 19.7 Å². The van der Waals surface area contributed by atoms with Crippen LogP contribution in [0.15, 0.2) is 60.7 Å². The molecule has 0 bridgehead atoms. The van der Waals surface area contributed by atoms with Gasteiger partial charge in [0.25, 0.3) is 23.6 Å². The molecule has 0 saturated heterocycles. The van der Waals surface area contributed by atoms with Crippen LogP contribution in [0.3, 0.4) is 0 Å². The lowest BCUT2D eigenvalue weighted by molar-refractivity contribution is -0.141. The van der Waals surface area contributed by atoms with Gasteiger partial charge in [-0.2, -0.15) is 0 Å². The van der Waals surface area contributed by atoms with Gasteiger partial charge in [-0.05, 0) is 49.2 Å². The highest BCUT2D eigenvalue weighted by Gasteiger charge is 2.40. The van der Waals surface area contributed by atoms with E-state index in [-0.39, 0.29) is 91.7 Å². The molecule has 2 aliphatic heterocycles. The molecule has 26 heteroatoms. The average Bonchev–Trinajstić information content (AvgIpc) is 3.38. The van der Waals surface area contributed by atoms with Crippen molar-refractivity contribution in [3.63, 3.8) is 0 Å². The van der Waals surface area contributed by atoms with Crippen LogP contribution in [0, 0.1) is 0 Å². The average molecular weight is 1050 g/mol. The molecule has 0 aliphatic carbocycles. The first-order valence-corrected chi connectivity index (χ1v) is 23.7. The summed E-state index contributed by atoms with van der Waals surface area (Å²) >= 11 is 0. The molecular formula is C50H52N8O18. The van der Waals surface area contributed by atoms with Crippen molar-refractivity contribution in [2.75, 3.05) is 52.5 Å². The Labute approximate surface area is 430 Å². The Morgan fingerprint density at radius 3 is 1.49 bits per heavy atom. The number of imide groups is 2. The number of aliphatic carboxylic acids is 3. The van der Waals surface area contributed by atoms with Gasteiger partial charge >= 0.3 is 17.9 Å². The summed E-state index contributed by atoms with van der Waals surface area (Å²) in [6.07, 6.45) is -1.45. The highest BCUT2D eigenvalue weighted by Crippen LogP contribution is 2.38. The van der Waals surface area contributed by atoms with Crippen LogP contribution in [0.1, 0.15) is 86.9 Å². The number of fused-ring (bicyclic) bond motifs is 1. The third kappa shape index (κ3) is 14.0. The van der Waals surface area contributed by atoms with Crippen molar-refractivity contribution in [3.05, 3.63) is 82.9 Å². The minimum atomic E-state index is -1.57. The second-order valence-corrected chi connectivity index (χ2v) is 17.2. The van der Waals surface area contributed by atoms with Gasteiger partial charge in [0.05, 0.1) is 32.6 Å². The fourth-order valence-corrected chi connectivity index (χ4v) is 8.30. The van der Waals surface area contributed by atoms with Gasteiger partial charge in [-0.3, -0.25) is 72.1 Å². The van der Waals surface area contributed by atoms with E-state index >= 15 is 0 Å². The molecule has 26 nitrogen and oxygen atoms in total. The van der Waals surface area contributed by atoms with E-state index < -0.39 is 115 Å². The van der Waals surface area contributed by atoms with E-state index in [1.165, 1.54) is 31.2 Å². The number of benzene rings is 4. The molecule has 0 saturated carbocycles. The normalized spacial score (nSPS) is 13.3. The Kier molecular flexibility index (Phi) is 18.7. The summed E-state index contributed by atoms with van der Waals surface area (Å²) in [5, 5.41) is 42.9. The molecule has 9 N–H and O–H groups in total. The largest absolute Gasteiger partial charge is 0.493 e. The minimum absolute atomic E-state index is 0.00139. The van der Waals surface area contributed by atoms with Crippen molar-refractivity contribution >= 4 is 98.5 Å². The molecule has 4 aromatic carbocycles. The zero-order valence-corrected chi connectivity index (χ0v) is 40.7. The van der Waals surface area contributed by atoms with Gasteiger partial charge in [0.1, 0.15) is 30.1 Å². The number of carboxylic acid groups (broad SMARTS) is 3. The Bertz CT molecular complexity index is 2960. The van der Waals surface area contributed by atoms with Crippen molar-refractivity contribution in [2.45, 2.75) is 57.5 Å². The summed E-state index contributed by atoms with van der Waals surface area (Å²) in [6, 6.07) is 13.0. The molecule has 76 heavy (non-hydrogen) atoms. The third-order valence-electron chi connectivity index (χ3n) is 11.8. The van der Waals surface area contributed by atoms with Gasteiger partial charge in [-0.15, -0.1) is 0 Å². The van der Waals surface area contributed by atoms with Crippen molar-refractivity contribution in [1.29, 1.82) is 0 Å². The first-order chi connectivity index (χ1) is 36.2. The maximum Gasteiger partial charge on any atom is 0.322 e. The van der Waals surface area contributed by atoms with Gasteiger partial charge in [0, 0.05) is 89.7 Å². The molecule has 0 unspecified atom stereocenters. The number of carbonyl (C=O) groups is 13. The Morgan fingerprint density at radius 2 is 0.987 bits per heavy atom. The SMILES string of the molecule is CC(=O)N[C@H](CC(=O)O)C(=O)NCCCOc1cccc2c(OCCCC(=O)N[C@@H](CC(=O)O)C(=O)NCC(=O)NCCN3C(=O)c4ccc5c6c(ccc(c46)C3=O)C(=O)N(CCC(=O)NCC(=O)O)C5=O)cccc12. The molecule has 0 fully saturated rings. The van der Waals surface area contributed by atoms with E-state index in [2.05, 4.69) is 31.9 Å². The summed E-state index contributed by atoms with van der Waals surface area (Å²) in [5.74, 6) is -10.5. The van der Waals surface area contributed by atoms with Gasteiger partial charge in [0.2, 0.25) is 35.4 Å². The molecule has 6 rings (SSSR count). The molecule has 400 valence electrons. The van der Waals surface area contributed by atoms with Crippen LogP contribution in [0.4, 0.5) is 0 Å².